The van der Waals surface area contributed by atoms with Crippen LogP contribution in [0.2, 0.25) is 0 Å². The van der Waals surface area contributed by atoms with Crippen LogP contribution in [-0.4, -0.2) is 27.4 Å². The molecule has 1 N–H and O–H groups in total. The molecule has 0 saturated heterocycles. The molecule has 0 fully saturated rings. The second-order valence-corrected chi connectivity index (χ2v) is 5.19. The van der Waals surface area contributed by atoms with Gasteiger partial charge in [0.15, 0.2) is 0 Å². The summed E-state index contributed by atoms with van der Waals surface area (Å²) in [7, 11) is 0. The highest BCUT2D eigenvalue weighted by molar-refractivity contribution is 5.92. The molecule has 1 heterocycles. The minimum atomic E-state index is -0.0900. The molecule has 1 amide bonds. The van der Waals surface area contributed by atoms with Gasteiger partial charge in [-0.3, -0.25) is 4.79 Å². The summed E-state index contributed by atoms with van der Waals surface area (Å²) in [6.07, 6.45) is 3.60. The largest absolute Gasteiger partial charge is 0.350 e. The van der Waals surface area contributed by atoms with Crippen LogP contribution in [0.3, 0.4) is 0 Å². The summed E-state index contributed by atoms with van der Waals surface area (Å²) in [6.45, 7) is 3.29. The van der Waals surface area contributed by atoms with Gasteiger partial charge in [-0.25, -0.2) is 4.68 Å². The van der Waals surface area contributed by atoms with Crippen molar-refractivity contribution in [1.82, 2.24) is 20.3 Å². The number of aromatic nitrogens is 3. The van der Waals surface area contributed by atoms with Crippen LogP contribution >= 0.6 is 0 Å². The minimum Gasteiger partial charge on any atom is -0.350 e. The second-order valence-electron chi connectivity index (χ2n) is 5.19. The molecular weight excluding hydrogens is 252 g/mol. The number of nitrogens with zero attached hydrogens (tertiary/aromatic N) is 3. The number of hydrogen-bond acceptors (Lipinski definition) is 3. The smallest absolute Gasteiger partial charge is 0.271 e. The number of hydrogen-bond donors (Lipinski definition) is 1. The van der Waals surface area contributed by atoms with E-state index < -0.39 is 0 Å². The molecule has 0 spiro atoms. The monoisotopic (exact) mass is 270 g/mol. The van der Waals surface area contributed by atoms with Gasteiger partial charge in [-0.05, 0) is 36.8 Å². The summed E-state index contributed by atoms with van der Waals surface area (Å²) in [4.78, 5) is 12.1. The van der Waals surface area contributed by atoms with Crippen LogP contribution in [0.25, 0.3) is 0 Å². The number of carbonyl (C=O) groups is 1. The first-order valence-corrected chi connectivity index (χ1v) is 7.01. The highest BCUT2D eigenvalue weighted by Crippen LogP contribution is 2.25. The molecule has 5 nitrogen and oxygen atoms in total. The van der Waals surface area contributed by atoms with Crippen LogP contribution in [0.4, 0.5) is 0 Å². The van der Waals surface area contributed by atoms with Crippen LogP contribution in [0.5, 0.6) is 0 Å². The SMILES string of the molecule is CCn1nncc1C(=O)NCC1Cc2ccccc2C1. The lowest BCUT2D eigenvalue weighted by molar-refractivity contribution is 0.0937. The summed E-state index contributed by atoms with van der Waals surface area (Å²) in [6, 6.07) is 8.50. The van der Waals surface area contributed by atoms with Gasteiger partial charge in [0.2, 0.25) is 0 Å². The lowest BCUT2D eigenvalue weighted by Gasteiger charge is -2.10. The van der Waals surface area contributed by atoms with Crippen LogP contribution < -0.4 is 5.32 Å². The van der Waals surface area contributed by atoms with E-state index in [2.05, 4.69) is 39.9 Å². The number of amides is 1. The van der Waals surface area contributed by atoms with Crippen LogP contribution in [0, 0.1) is 5.92 Å². The van der Waals surface area contributed by atoms with Gasteiger partial charge in [0.05, 0.1) is 6.20 Å². The Morgan fingerprint density at radius 1 is 1.35 bits per heavy atom. The standard InChI is InChI=1S/C15H18N4O/c1-2-19-14(10-17-18-19)15(20)16-9-11-7-12-5-3-4-6-13(12)8-11/h3-6,10-11H,2,7-9H2,1H3,(H,16,20). The summed E-state index contributed by atoms with van der Waals surface area (Å²) < 4.78 is 1.61. The molecule has 1 aliphatic carbocycles. The molecule has 3 rings (SSSR count). The maximum atomic E-state index is 12.1. The van der Waals surface area contributed by atoms with Crippen LogP contribution in [0.15, 0.2) is 30.5 Å². The number of rotatable bonds is 4. The number of fused-ring (bicyclic) bond motifs is 1. The normalized spacial score (nSPS) is 14.2. The Hall–Kier alpha value is -2.17. The van der Waals surface area contributed by atoms with Gasteiger partial charge in [-0.1, -0.05) is 29.5 Å². The van der Waals surface area contributed by atoms with E-state index in [1.165, 1.54) is 17.3 Å². The number of nitrogens with one attached hydrogen (secondary N) is 1. The van der Waals surface area contributed by atoms with Gasteiger partial charge in [0.1, 0.15) is 5.69 Å². The van der Waals surface area contributed by atoms with Gasteiger partial charge in [0.25, 0.3) is 5.91 Å². The van der Waals surface area contributed by atoms with E-state index in [0.717, 1.165) is 12.8 Å². The fourth-order valence-electron chi connectivity index (χ4n) is 2.79. The first-order chi connectivity index (χ1) is 9.78. The van der Waals surface area contributed by atoms with Crippen molar-refractivity contribution >= 4 is 5.91 Å². The van der Waals surface area contributed by atoms with Gasteiger partial charge >= 0.3 is 0 Å². The zero-order chi connectivity index (χ0) is 13.9. The first kappa shape index (κ1) is 12.8. The highest BCUT2D eigenvalue weighted by atomic mass is 16.2. The van der Waals surface area contributed by atoms with E-state index in [1.54, 1.807) is 4.68 Å². The maximum Gasteiger partial charge on any atom is 0.271 e. The molecule has 0 radical (unpaired) electrons. The van der Waals surface area contributed by atoms with E-state index in [1.807, 2.05) is 6.92 Å². The predicted molar refractivity (Wildman–Crippen MR) is 75.4 cm³/mol. The Morgan fingerprint density at radius 3 is 2.70 bits per heavy atom. The third kappa shape index (κ3) is 2.43. The lowest BCUT2D eigenvalue weighted by Crippen LogP contribution is -2.31. The molecule has 0 atom stereocenters. The zero-order valence-electron chi connectivity index (χ0n) is 11.5. The number of aryl methyl sites for hydroxylation is 1. The van der Waals surface area contributed by atoms with Gasteiger partial charge < -0.3 is 5.32 Å². The Morgan fingerprint density at radius 2 is 2.05 bits per heavy atom. The van der Waals surface area contributed by atoms with Crippen LogP contribution in [0.1, 0.15) is 28.5 Å². The van der Waals surface area contributed by atoms with Crippen molar-refractivity contribution in [2.24, 2.45) is 5.92 Å². The second kappa shape index (κ2) is 5.45. The predicted octanol–water partition coefficient (Wildman–Crippen LogP) is 1.44. The molecule has 0 saturated carbocycles. The van der Waals surface area contributed by atoms with Crippen molar-refractivity contribution in [3.8, 4) is 0 Å². The van der Waals surface area contributed by atoms with E-state index in [4.69, 9.17) is 0 Å². The number of carbonyl (C=O) groups excluding carboxylic acids is 1. The zero-order valence-corrected chi connectivity index (χ0v) is 11.5. The van der Waals surface area contributed by atoms with Gasteiger partial charge in [0, 0.05) is 13.1 Å². The lowest BCUT2D eigenvalue weighted by atomic mass is 10.1. The van der Waals surface area contributed by atoms with E-state index >= 15 is 0 Å². The molecule has 104 valence electrons. The summed E-state index contributed by atoms with van der Waals surface area (Å²) in [5.41, 5.74) is 3.35. The minimum absolute atomic E-state index is 0.0900. The van der Waals surface area contributed by atoms with E-state index in [9.17, 15) is 4.79 Å². The Labute approximate surface area is 118 Å². The van der Waals surface area contributed by atoms with E-state index in [-0.39, 0.29) is 5.91 Å². The molecule has 0 aliphatic heterocycles. The van der Waals surface area contributed by atoms with Crippen molar-refractivity contribution in [2.45, 2.75) is 26.3 Å². The Bertz CT molecular complexity index is 595. The first-order valence-electron chi connectivity index (χ1n) is 7.01. The molecule has 1 aromatic carbocycles. The number of benzene rings is 1. The Balaban J connectivity index is 1.58. The van der Waals surface area contributed by atoms with Gasteiger partial charge in [-0.2, -0.15) is 0 Å². The Kier molecular flexibility index (Phi) is 3.50. The van der Waals surface area contributed by atoms with Crippen molar-refractivity contribution in [1.29, 1.82) is 0 Å². The fraction of sp³-hybridized carbons (Fsp3) is 0.400. The third-order valence-electron chi connectivity index (χ3n) is 3.84. The molecule has 2 aromatic rings. The van der Waals surface area contributed by atoms with Crippen molar-refractivity contribution in [3.05, 3.63) is 47.3 Å². The van der Waals surface area contributed by atoms with Crippen molar-refractivity contribution < 1.29 is 4.79 Å². The molecule has 0 unspecified atom stereocenters. The van der Waals surface area contributed by atoms with Crippen molar-refractivity contribution in [2.75, 3.05) is 6.54 Å². The molecular formula is C15H18N4O. The van der Waals surface area contributed by atoms with Gasteiger partial charge in [-0.15, -0.1) is 5.10 Å². The average molecular weight is 270 g/mol. The van der Waals surface area contributed by atoms with E-state index in [0.29, 0.717) is 24.7 Å². The summed E-state index contributed by atoms with van der Waals surface area (Å²) in [5.74, 6) is 0.398. The summed E-state index contributed by atoms with van der Waals surface area (Å²) >= 11 is 0. The molecule has 1 aliphatic rings. The molecule has 20 heavy (non-hydrogen) atoms. The highest BCUT2D eigenvalue weighted by Gasteiger charge is 2.22. The average Bonchev–Trinajstić information content (AvgIpc) is 3.10. The molecule has 5 heteroatoms. The fourth-order valence-corrected chi connectivity index (χ4v) is 2.79. The third-order valence-corrected chi connectivity index (χ3v) is 3.84. The van der Waals surface area contributed by atoms with Crippen LogP contribution in [-0.2, 0) is 19.4 Å². The summed E-state index contributed by atoms with van der Waals surface area (Å²) in [5, 5.41) is 10.6. The van der Waals surface area contributed by atoms with Crippen molar-refractivity contribution in [3.63, 3.8) is 0 Å². The maximum absolute atomic E-state index is 12.1. The molecule has 0 bridgehead atoms. The topological polar surface area (TPSA) is 59.8 Å². The molecule has 1 aromatic heterocycles. The quantitative estimate of drug-likeness (QED) is 0.914.